The van der Waals surface area contributed by atoms with Crippen molar-refractivity contribution in [3.05, 3.63) is 52.8 Å². The fraction of sp³-hybridized carbons (Fsp3) is 0.524. The lowest BCUT2D eigenvalue weighted by Gasteiger charge is -2.27. The number of nitrogens with zero attached hydrogens (tertiary/aromatic N) is 3. The Morgan fingerprint density at radius 1 is 1.12 bits per heavy atom. The number of carbonyl (C=O) groups is 1. The highest BCUT2D eigenvalue weighted by molar-refractivity contribution is 5.96. The average Bonchev–Trinajstić information content (AvgIpc) is 2.90. The van der Waals surface area contributed by atoms with Crippen LogP contribution in [0.3, 0.4) is 0 Å². The van der Waals surface area contributed by atoms with Crippen LogP contribution in [0, 0.1) is 12.8 Å². The number of carbonyl (C=O) groups excluding carboxylic acids is 1. The van der Waals surface area contributed by atoms with Gasteiger partial charge in [0.25, 0.3) is 5.91 Å². The van der Waals surface area contributed by atoms with Gasteiger partial charge in [-0.15, -0.1) is 0 Å². The molecule has 2 heterocycles. The molecular weight excluding hydrogens is 310 g/mol. The molecule has 0 atom stereocenters. The van der Waals surface area contributed by atoms with E-state index < -0.39 is 0 Å². The topological polar surface area (TPSA) is 38.1 Å². The van der Waals surface area contributed by atoms with E-state index in [1.54, 1.807) is 0 Å². The average molecular weight is 339 g/mol. The zero-order valence-electron chi connectivity index (χ0n) is 15.7. The summed E-state index contributed by atoms with van der Waals surface area (Å²) in [5, 5.41) is 4.83. The van der Waals surface area contributed by atoms with Crippen molar-refractivity contribution in [2.75, 3.05) is 13.1 Å². The number of piperidine rings is 1. The fourth-order valence-electron chi connectivity index (χ4n) is 3.58. The zero-order chi connectivity index (χ0) is 17.8. The van der Waals surface area contributed by atoms with Crippen LogP contribution in [0.4, 0.5) is 0 Å². The number of likely N-dealkylation sites (tertiary alicyclic amines) is 1. The van der Waals surface area contributed by atoms with Crippen molar-refractivity contribution in [3.8, 4) is 0 Å². The molecule has 1 aliphatic heterocycles. The summed E-state index contributed by atoms with van der Waals surface area (Å²) in [6.45, 7) is 8.87. The molecule has 0 radical (unpaired) electrons. The summed E-state index contributed by atoms with van der Waals surface area (Å²) in [4.78, 5) is 15.2. The normalized spacial score (nSPS) is 15.0. The highest BCUT2D eigenvalue weighted by Crippen LogP contribution is 2.22. The molecule has 1 saturated heterocycles. The Balaban J connectivity index is 1.92. The standard InChI is InChI=1S/C21H29N3O/c1-16(2)14-19-20(21(25)23-12-8-5-9-13-23)17(3)24(22-19)15-18-10-6-4-7-11-18/h4,6-7,10-11,16H,5,8-9,12-15H2,1-3H3. The molecule has 4 nitrogen and oxygen atoms in total. The predicted molar refractivity (Wildman–Crippen MR) is 101 cm³/mol. The van der Waals surface area contributed by atoms with Gasteiger partial charge >= 0.3 is 0 Å². The van der Waals surface area contributed by atoms with Crippen LogP contribution in [0.5, 0.6) is 0 Å². The van der Waals surface area contributed by atoms with Crippen molar-refractivity contribution in [3.63, 3.8) is 0 Å². The largest absolute Gasteiger partial charge is 0.339 e. The molecule has 25 heavy (non-hydrogen) atoms. The highest BCUT2D eigenvalue weighted by atomic mass is 16.2. The van der Waals surface area contributed by atoms with Crippen LogP contribution in [0.15, 0.2) is 30.3 Å². The first-order valence-corrected chi connectivity index (χ1v) is 9.45. The lowest BCUT2D eigenvalue weighted by molar-refractivity contribution is 0.0722. The number of hydrogen-bond donors (Lipinski definition) is 0. The number of aromatic nitrogens is 2. The molecule has 134 valence electrons. The van der Waals surface area contributed by atoms with E-state index in [2.05, 4.69) is 26.0 Å². The Labute approximate surface area is 150 Å². The molecule has 1 aliphatic rings. The fourth-order valence-corrected chi connectivity index (χ4v) is 3.58. The number of rotatable bonds is 5. The summed E-state index contributed by atoms with van der Waals surface area (Å²) < 4.78 is 2.00. The molecule has 0 unspecified atom stereocenters. The summed E-state index contributed by atoms with van der Waals surface area (Å²) in [6.07, 6.45) is 4.30. The van der Waals surface area contributed by atoms with Crippen molar-refractivity contribution in [1.82, 2.24) is 14.7 Å². The molecule has 3 rings (SSSR count). The quantitative estimate of drug-likeness (QED) is 0.824. The van der Waals surface area contributed by atoms with Gasteiger partial charge in [-0.1, -0.05) is 44.2 Å². The maximum Gasteiger partial charge on any atom is 0.257 e. The first-order valence-electron chi connectivity index (χ1n) is 9.45. The lowest BCUT2D eigenvalue weighted by Crippen LogP contribution is -2.36. The Kier molecular flexibility index (Phi) is 5.57. The molecule has 1 amide bonds. The van der Waals surface area contributed by atoms with Gasteiger partial charge < -0.3 is 4.90 Å². The van der Waals surface area contributed by atoms with Crippen LogP contribution in [-0.2, 0) is 13.0 Å². The highest BCUT2D eigenvalue weighted by Gasteiger charge is 2.26. The van der Waals surface area contributed by atoms with Gasteiger partial charge in [-0.2, -0.15) is 5.10 Å². The molecule has 0 aliphatic carbocycles. The van der Waals surface area contributed by atoms with Gasteiger partial charge in [0.05, 0.1) is 17.8 Å². The van der Waals surface area contributed by atoms with Crippen LogP contribution >= 0.6 is 0 Å². The summed E-state index contributed by atoms with van der Waals surface area (Å²) in [7, 11) is 0. The Morgan fingerprint density at radius 2 is 1.80 bits per heavy atom. The van der Waals surface area contributed by atoms with E-state index in [-0.39, 0.29) is 5.91 Å². The van der Waals surface area contributed by atoms with Crippen molar-refractivity contribution >= 4 is 5.91 Å². The van der Waals surface area contributed by atoms with Gasteiger partial charge in [0.15, 0.2) is 0 Å². The monoisotopic (exact) mass is 339 g/mol. The molecule has 1 fully saturated rings. The summed E-state index contributed by atoms with van der Waals surface area (Å²) >= 11 is 0. The van der Waals surface area contributed by atoms with E-state index in [0.717, 1.165) is 49.3 Å². The number of hydrogen-bond acceptors (Lipinski definition) is 2. The molecule has 1 aromatic heterocycles. The van der Waals surface area contributed by atoms with Crippen molar-refractivity contribution in [1.29, 1.82) is 0 Å². The van der Waals surface area contributed by atoms with Crippen molar-refractivity contribution in [2.24, 2.45) is 5.92 Å². The Hall–Kier alpha value is -2.10. The van der Waals surface area contributed by atoms with E-state index >= 15 is 0 Å². The van der Waals surface area contributed by atoms with E-state index in [9.17, 15) is 4.79 Å². The van der Waals surface area contributed by atoms with Crippen molar-refractivity contribution < 1.29 is 4.79 Å². The third-order valence-corrected chi connectivity index (χ3v) is 4.91. The maximum atomic E-state index is 13.2. The van der Waals surface area contributed by atoms with Gasteiger partial charge in [0.2, 0.25) is 0 Å². The number of benzene rings is 1. The molecular formula is C21H29N3O. The van der Waals surface area contributed by atoms with Crippen molar-refractivity contribution in [2.45, 2.75) is 53.0 Å². The molecule has 0 saturated carbocycles. The minimum Gasteiger partial charge on any atom is -0.339 e. The SMILES string of the molecule is Cc1c(C(=O)N2CCCCC2)c(CC(C)C)nn1Cc1ccccc1. The first kappa shape index (κ1) is 17.7. The van der Waals surface area contributed by atoms with Gasteiger partial charge in [-0.25, -0.2) is 0 Å². The van der Waals surface area contributed by atoms with Crippen LogP contribution in [-0.4, -0.2) is 33.7 Å². The molecule has 0 bridgehead atoms. The Bertz CT molecular complexity index is 712. The van der Waals surface area contributed by atoms with E-state index in [1.807, 2.05) is 34.7 Å². The van der Waals surface area contributed by atoms with Gasteiger partial charge in [0.1, 0.15) is 0 Å². The first-order chi connectivity index (χ1) is 12.1. The summed E-state index contributed by atoms with van der Waals surface area (Å²) in [6, 6.07) is 10.3. The second-order valence-corrected chi connectivity index (χ2v) is 7.50. The lowest BCUT2D eigenvalue weighted by atomic mass is 10.0. The van der Waals surface area contributed by atoms with Gasteiger partial charge in [0, 0.05) is 18.8 Å². The second kappa shape index (κ2) is 7.85. The zero-order valence-corrected chi connectivity index (χ0v) is 15.7. The third-order valence-electron chi connectivity index (χ3n) is 4.91. The van der Waals surface area contributed by atoms with E-state index in [0.29, 0.717) is 12.5 Å². The van der Waals surface area contributed by atoms with Crippen LogP contribution < -0.4 is 0 Å². The Morgan fingerprint density at radius 3 is 2.44 bits per heavy atom. The molecule has 1 aromatic carbocycles. The molecule has 0 N–H and O–H groups in total. The smallest absolute Gasteiger partial charge is 0.257 e. The second-order valence-electron chi connectivity index (χ2n) is 7.50. The van der Waals surface area contributed by atoms with Gasteiger partial charge in [-0.05, 0) is 44.1 Å². The van der Waals surface area contributed by atoms with Gasteiger partial charge in [-0.3, -0.25) is 9.48 Å². The van der Waals surface area contributed by atoms with E-state index in [4.69, 9.17) is 5.10 Å². The number of amides is 1. The predicted octanol–water partition coefficient (Wildman–Crippen LogP) is 4.06. The minimum absolute atomic E-state index is 0.173. The van der Waals surface area contributed by atoms with Crippen LogP contribution in [0.1, 0.15) is 60.4 Å². The minimum atomic E-state index is 0.173. The molecule has 0 spiro atoms. The van der Waals surface area contributed by atoms with E-state index in [1.165, 1.54) is 12.0 Å². The van der Waals surface area contributed by atoms with Crippen LogP contribution in [0.2, 0.25) is 0 Å². The van der Waals surface area contributed by atoms with Crippen LogP contribution in [0.25, 0.3) is 0 Å². The maximum absolute atomic E-state index is 13.2. The third kappa shape index (κ3) is 4.12. The summed E-state index contributed by atoms with van der Waals surface area (Å²) in [5.41, 5.74) is 4.00. The summed E-state index contributed by atoms with van der Waals surface area (Å²) in [5.74, 6) is 0.652. The molecule has 2 aromatic rings. The molecule has 4 heteroatoms.